The summed E-state index contributed by atoms with van der Waals surface area (Å²) >= 11 is 2.39. The number of halogens is 1. The quantitative estimate of drug-likeness (QED) is 0.531. The van der Waals surface area contributed by atoms with Gasteiger partial charge in [-0.2, -0.15) is 0 Å². The Morgan fingerprint density at radius 3 is 3.05 bits per heavy atom. The third kappa shape index (κ3) is 2.37. The Kier molecular flexibility index (Phi) is 4.53. The maximum absolute atomic E-state index is 12.8. The molecule has 112 valence electrons. The molecule has 1 spiro atoms. The van der Waals surface area contributed by atoms with Crippen LogP contribution in [0.4, 0.5) is 0 Å². The molecular weight excluding hydrogens is 367 g/mol. The Balaban J connectivity index is 1.70. The Hall–Kier alpha value is 0.0600. The van der Waals surface area contributed by atoms with Crippen molar-refractivity contribution in [2.45, 2.75) is 57.2 Å². The first-order chi connectivity index (χ1) is 9.69. The van der Waals surface area contributed by atoms with Gasteiger partial charge >= 0.3 is 0 Å². The third-order valence-electron chi connectivity index (χ3n) is 4.95. The van der Waals surface area contributed by atoms with Crippen LogP contribution in [0.1, 0.15) is 45.4 Å². The standard InChI is InChI=1S/C16H23IO3/c1-2-3-4-7-19-14-10-12-13(17)9-11(14)15(18)16(12)6-5-8-20-16/h9,11-12,14H,2-8,10H2,1H3/t11?,12?,14?,16-/m0/s1. The molecule has 2 fully saturated rings. The van der Waals surface area contributed by atoms with E-state index in [1.165, 1.54) is 16.4 Å². The topological polar surface area (TPSA) is 35.5 Å². The molecule has 2 bridgehead atoms. The maximum atomic E-state index is 12.8. The summed E-state index contributed by atoms with van der Waals surface area (Å²) in [5, 5.41) is 0. The number of unbranched alkanes of at least 4 members (excludes halogenated alkanes) is 2. The third-order valence-corrected chi connectivity index (χ3v) is 6.07. The molecule has 20 heavy (non-hydrogen) atoms. The summed E-state index contributed by atoms with van der Waals surface area (Å²) in [6.45, 7) is 3.71. The maximum Gasteiger partial charge on any atom is 0.174 e. The van der Waals surface area contributed by atoms with E-state index >= 15 is 0 Å². The molecule has 0 aromatic heterocycles. The van der Waals surface area contributed by atoms with Crippen molar-refractivity contribution in [2.24, 2.45) is 11.8 Å². The second-order valence-corrected chi connectivity index (χ2v) is 7.43. The van der Waals surface area contributed by atoms with Crippen molar-refractivity contribution >= 4 is 28.4 Å². The lowest BCUT2D eigenvalue weighted by atomic mass is 9.63. The highest BCUT2D eigenvalue weighted by molar-refractivity contribution is 14.1. The van der Waals surface area contributed by atoms with Crippen LogP contribution >= 0.6 is 22.6 Å². The minimum absolute atomic E-state index is 0.0772. The molecule has 4 rings (SSSR count). The van der Waals surface area contributed by atoms with Crippen LogP contribution < -0.4 is 0 Å². The molecule has 0 amide bonds. The van der Waals surface area contributed by atoms with Gasteiger partial charge in [-0.25, -0.2) is 0 Å². The van der Waals surface area contributed by atoms with E-state index in [4.69, 9.17) is 9.47 Å². The molecule has 0 N–H and O–H groups in total. The van der Waals surface area contributed by atoms with Crippen LogP contribution in [0, 0.1) is 11.8 Å². The lowest BCUT2D eigenvalue weighted by molar-refractivity contribution is -0.165. The van der Waals surface area contributed by atoms with Crippen LogP contribution in [0.15, 0.2) is 9.66 Å². The summed E-state index contributed by atoms with van der Waals surface area (Å²) in [4.78, 5) is 12.8. The van der Waals surface area contributed by atoms with E-state index in [1.807, 2.05) is 0 Å². The highest BCUT2D eigenvalue weighted by Gasteiger charge is 2.60. The Labute approximate surface area is 134 Å². The van der Waals surface area contributed by atoms with Crippen molar-refractivity contribution in [2.75, 3.05) is 13.2 Å². The predicted octanol–water partition coefficient (Wildman–Crippen LogP) is 3.65. The van der Waals surface area contributed by atoms with Gasteiger partial charge in [-0.15, -0.1) is 0 Å². The van der Waals surface area contributed by atoms with Gasteiger partial charge in [-0.05, 0) is 51.9 Å². The zero-order valence-corrected chi connectivity index (χ0v) is 14.2. The second-order valence-electron chi connectivity index (χ2n) is 6.19. The first-order valence-corrected chi connectivity index (χ1v) is 8.94. The van der Waals surface area contributed by atoms with E-state index in [1.54, 1.807) is 0 Å². The SMILES string of the molecule is CCCCCOC1CC2C(I)=CC1C(=O)[C@]21CCCO1. The second kappa shape index (κ2) is 6.05. The Bertz CT molecular complexity index is 412. The summed E-state index contributed by atoms with van der Waals surface area (Å²) in [5.41, 5.74) is -0.501. The number of rotatable bonds is 5. The van der Waals surface area contributed by atoms with Crippen LogP contribution in [-0.4, -0.2) is 30.7 Å². The van der Waals surface area contributed by atoms with Crippen LogP contribution in [0.5, 0.6) is 0 Å². The van der Waals surface area contributed by atoms with Crippen molar-refractivity contribution in [3.8, 4) is 0 Å². The Morgan fingerprint density at radius 1 is 1.50 bits per heavy atom. The smallest absolute Gasteiger partial charge is 0.174 e. The van der Waals surface area contributed by atoms with Crippen LogP contribution in [-0.2, 0) is 14.3 Å². The number of fused-ring (bicyclic) bond motifs is 1. The normalized spacial score (nSPS) is 39.6. The van der Waals surface area contributed by atoms with Crippen molar-refractivity contribution in [1.82, 2.24) is 0 Å². The molecule has 0 radical (unpaired) electrons. The molecule has 1 saturated carbocycles. The van der Waals surface area contributed by atoms with Crippen LogP contribution in [0.3, 0.4) is 0 Å². The molecule has 4 heteroatoms. The van der Waals surface area contributed by atoms with Crippen molar-refractivity contribution in [3.63, 3.8) is 0 Å². The van der Waals surface area contributed by atoms with Crippen molar-refractivity contribution in [3.05, 3.63) is 9.66 Å². The molecule has 4 aliphatic rings. The summed E-state index contributed by atoms with van der Waals surface area (Å²) < 4.78 is 13.3. The number of Topliss-reactive ketones (excluding diaryl/α,β-unsaturated/α-hetero) is 1. The fraction of sp³-hybridized carbons (Fsp3) is 0.812. The lowest BCUT2D eigenvalue weighted by Crippen LogP contribution is -2.59. The van der Waals surface area contributed by atoms with Crippen LogP contribution in [0.25, 0.3) is 0 Å². The van der Waals surface area contributed by atoms with Gasteiger partial charge < -0.3 is 9.47 Å². The summed E-state index contributed by atoms with van der Waals surface area (Å²) in [6.07, 6.45) is 8.59. The molecule has 4 atom stereocenters. The predicted molar refractivity (Wildman–Crippen MR) is 85.9 cm³/mol. The molecule has 1 aliphatic heterocycles. The molecule has 1 saturated heterocycles. The summed E-state index contributed by atoms with van der Waals surface area (Å²) in [5.74, 6) is 0.443. The van der Waals surface area contributed by atoms with E-state index in [9.17, 15) is 4.79 Å². The molecular formula is C16H23IO3. The van der Waals surface area contributed by atoms with Gasteiger partial charge in [0.25, 0.3) is 0 Å². The Morgan fingerprint density at radius 2 is 2.35 bits per heavy atom. The molecule has 3 unspecified atom stereocenters. The summed E-state index contributed by atoms with van der Waals surface area (Å²) in [6, 6.07) is 0. The number of carbonyl (C=O) groups is 1. The summed E-state index contributed by atoms with van der Waals surface area (Å²) in [7, 11) is 0. The average Bonchev–Trinajstić information content (AvgIpc) is 2.92. The fourth-order valence-electron chi connectivity index (χ4n) is 3.89. The van der Waals surface area contributed by atoms with Gasteiger partial charge in [0.1, 0.15) is 5.60 Å². The van der Waals surface area contributed by atoms with Crippen LogP contribution in [0.2, 0.25) is 0 Å². The molecule has 0 aromatic carbocycles. The molecule has 0 aromatic rings. The largest absolute Gasteiger partial charge is 0.377 e. The zero-order chi connectivity index (χ0) is 14.2. The number of hydrogen-bond acceptors (Lipinski definition) is 3. The van der Waals surface area contributed by atoms with E-state index in [0.717, 1.165) is 38.9 Å². The molecule has 3 aliphatic carbocycles. The monoisotopic (exact) mass is 390 g/mol. The highest BCUT2D eigenvalue weighted by Crippen LogP contribution is 2.53. The van der Waals surface area contributed by atoms with E-state index in [-0.39, 0.29) is 23.7 Å². The minimum atomic E-state index is -0.501. The average molecular weight is 390 g/mol. The minimum Gasteiger partial charge on any atom is -0.377 e. The number of carbonyl (C=O) groups excluding carboxylic acids is 1. The first-order valence-electron chi connectivity index (χ1n) is 7.86. The van der Waals surface area contributed by atoms with Crippen molar-refractivity contribution < 1.29 is 14.3 Å². The number of hydrogen-bond donors (Lipinski definition) is 0. The molecule has 3 nitrogen and oxygen atoms in total. The van der Waals surface area contributed by atoms with Gasteiger partial charge in [-0.1, -0.05) is 25.8 Å². The van der Waals surface area contributed by atoms with Gasteiger partial charge in [0.05, 0.1) is 12.0 Å². The molecule has 1 heterocycles. The lowest BCUT2D eigenvalue weighted by Gasteiger charge is -2.49. The number of ether oxygens (including phenoxy) is 2. The van der Waals surface area contributed by atoms with Crippen molar-refractivity contribution in [1.29, 1.82) is 0 Å². The fourth-order valence-corrected chi connectivity index (χ4v) is 5.03. The van der Waals surface area contributed by atoms with E-state index < -0.39 is 5.60 Å². The van der Waals surface area contributed by atoms with Gasteiger partial charge in [0.2, 0.25) is 0 Å². The van der Waals surface area contributed by atoms with Gasteiger partial charge in [0, 0.05) is 19.1 Å². The first kappa shape index (κ1) is 15.0. The van der Waals surface area contributed by atoms with E-state index in [0.29, 0.717) is 0 Å². The van der Waals surface area contributed by atoms with Gasteiger partial charge in [-0.3, -0.25) is 4.79 Å². The highest BCUT2D eigenvalue weighted by atomic mass is 127. The zero-order valence-electron chi connectivity index (χ0n) is 12.1. The van der Waals surface area contributed by atoms with E-state index in [2.05, 4.69) is 35.6 Å². The van der Waals surface area contributed by atoms with Gasteiger partial charge in [0.15, 0.2) is 5.78 Å². The number of ketones is 1.